The Morgan fingerprint density at radius 3 is 2.90 bits per heavy atom. The number of rotatable bonds is 3. The molecular formula is C16H21N3OS. The van der Waals surface area contributed by atoms with Crippen molar-refractivity contribution < 1.29 is 4.79 Å². The maximum atomic E-state index is 12.3. The summed E-state index contributed by atoms with van der Waals surface area (Å²) in [6.07, 6.45) is 8.45. The second-order valence-corrected chi connectivity index (χ2v) is 7.10. The molecule has 1 amide bonds. The highest BCUT2D eigenvalue weighted by Crippen LogP contribution is 2.33. The third-order valence-electron chi connectivity index (χ3n) is 4.42. The van der Waals surface area contributed by atoms with Crippen LogP contribution < -0.4 is 11.1 Å². The summed E-state index contributed by atoms with van der Waals surface area (Å²) in [5.41, 5.74) is 6.66. The number of pyridine rings is 1. The number of nitrogens with two attached hydrogens (primary N) is 1. The van der Waals surface area contributed by atoms with Crippen LogP contribution in [0, 0.1) is 11.8 Å². The minimum Gasteiger partial charge on any atom is -0.397 e. The molecule has 0 bridgehead atoms. The molecule has 0 unspecified atom stereocenters. The van der Waals surface area contributed by atoms with Crippen LogP contribution in [-0.4, -0.2) is 17.4 Å². The lowest BCUT2D eigenvalue weighted by Crippen LogP contribution is -2.30. The van der Waals surface area contributed by atoms with Crippen LogP contribution in [0.15, 0.2) is 18.5 Å². The number of aromatic nitrogens is 1. The number of anilines is 1. The van der Waals surface area contributed by atoms with Crippen LogP contribution in [-0.2, 0) is 0 Å². The molecule has 2 heterocycles. The van der Waals surface area contributed by atoms with Gasteiger partial charge in [-0.3, -0.25) is 9.78 Å². The van der Waals surface area contributed by atoms with Crippen molar-refractivity contribution in [2.24, 2.45) is 11.8 Å². The van der Waals surface area contributed by atoms with E-state index in [1.807, 2.05) is 6.07 Å². The fourth-order valence-electron chi connectivity index (χ4n) is 2.99. The van der Waals surface area contributed by atoms with Gasteiger partial charge in [0.2, 0.25) is 0 Å². The van der Waals surface area contributed by atoms with Gasteiger partial charge in [0.15, 0.2) is 0 Å². The predicted molar refractivity (Wildman–Crippen MR) is 87.5 cm³/mol. The molecule has 112 valence electrons. The van der Waals surface area contributed by atoms with Crippen molar-refractivity contribution in [1.82, 2.24) is 10.3 Å². The number of fused-ring (bicyclic) bond motifs is 1. The molecular weight excluding hydrogens is 282 g/mol. The highest BCUT2D eigenvalue weighted by Gasteiger charge is 2.21. The number of hydrogen-bond acceptors (Lipinski definition) is 4. The first kappa shape index (κ1) is 14.3. The third-order valence-corrected chi connectivity index (χ3v) is 5.58. The van der Waals surface area contributed by atoms with Gasteiger partial charge in [0.05, 0.1) is 10.4 Å². The summed E-state index contributed by atoms with van der Waals surface area (Å²) in [7, 11) is 0. The Morgan fingerprint density at radius 1 is 1.43 bits per heavy atom. The number of amides is 1. The normalized spacial score (nSPS) is 22.3. The second kappa shape index (κ2) is 6.02. The summed E-state index contributed by atoms with van der Waals surface area (Å²) in [6.45, 7) is 3.07. The summed E-state index contributed by atoms with van der Waals surface area (Å²) in [4.78, 5) is 17.0. The van der Waals surface area contributed by atoms with Gasteiger partial charge in [-0.2, -0.15) is 0 Å². The summed E-state index contributed by atoms with van der Waals surface area (Å²) < 4.78 is 0.964. The Kier molecular flexibility index (Phi) is 4.10. The average molecular weight is 303 g/mol. The quantitative estimate of drug-likeness (QED) is 0.912. The molecule has 2 aromatic rings. The molecule has 0 aromatic carbocycles. The molecule has 21 heavy (non-hydrogen) atoms. The van der Waals surface area contributed by atoms with Crippen molar-refractivity contribution >= 4 is 33.0 Å². The average Bonchev–Trinajstić information content (AvgIpc) is 2.84. The molecule has 0 radical (unpaired) electrons. The number of nitrogen functional groups attached to an aromatic ring is 1. The Bertz CT molecular complexity index is 644. The molecule has 0 atom stereocenters. The Balaban J connectivity index is 1.65. The molecule has 3 rings (SSSR count). The zero-order valence-corrected chi connectivity index (χ0v) is 13.1. The Labute approximate surface area is 128 Å². The minimum atomic E-state index is -0.0488. The minimum absolute atomic E-state index is 0.0488. The van der Waals surface area contributed by atoms with Crippen LogP contribution in [0.4, 0.5) is 5.69 Å². The molecule has 3 N–H and O–H groups in total. The monoisotopic (exact) mass is 303 g/mol. The van der Waals surface area contributed by atoms with Crippen molar-refractivity contribution in [3.63, 3.8) is 0 Å². The smallest absolute Gasteiger partial charge is 0.263 e. The summed E-state index contributed by atoms with van der Waals surface area (Å²) >= 11 is 1.42. The summed E-state index contributed by atoms with van der Waals surface area (Å²) in [5.74, 6) is 1.40. The van der Waals surface area contributed by atoms with E-state index in [1.165, 1.54) is 37.0 Å². The number of nitrogens with one attached hydrogen (secondary N) is 1. The van der Waals surface area contributed by atoms with Gasteiger partial charge in [0, 0.05) is 24.3 Å². The summed E-state index contributed by atoms with van der Waals surface area (Å²) in [6, 6.07) is 1.86. The van der Waals surface area contributed by atoms with Crippen molar-refractivity contribution in [2.45, 2.75) is 32.6 Å². The van der Waals surface area contributed by atoms with Gasteiger partial charge in [-0.1, -0.05) is 19.8 Å². The van der Waals surface area contributed by atoms with E-state index in [9.17, 15) is 4.79 Å². The van der Waals surface area contributed by atoms with Crippen LogP contribution in [0.1, 0.15) is 42.3 Å². The highest BCUT2D eigenvalue weighted by atomic mass is 32.1. The van der Waals surface area contributed by atoms with Gasteiger partial charge in [-0.25, -0.2) is 0 Å². The molecule has 5 heteroatoms. The van der Waals surface area contributed by atoms with E-state index in [2.05, 4.69) is 17.2 Å². The molecule has 0 saturated heterocycles. The first-order valence-electron chi connectivity index (χ1n) is 7.55. The lowest BCUT2D eigenvalue weighted by Gasteiger charge is -2.26. The van der Waals surface area contributed by atoms with Gasteiger partial charge in [0.25, 0.3) is 5.91 Å². The van der Waals surface area contributed by atoms with Crippen molar-refractivity contribution in [2.75, 3.05) is 12.3 Å². The number of thiophene rings is 1. The van der Waals surface area contributed by atoms with Crippen LogP contribution in [0.2, 0.25) is 0 Å². The second-order valence-electron chi connectivity index (χ2n) is 6.05. The molecule has 1 aliphatic carbocycles. The van der Waals surface area contributed by atoms with E-state index < -0.39 is 0 Å². The standard InChI is InChI=1S/C16H21N3OS/c1-10-2-4-11(5-3-10)8-19-16(20)15-14(17)12-6-7-18-9-13(12)21-15/h6-7,9-11H,2-5,8,17H2,1H3,(H,19,20). The SMILES string of the molecule is CC1CCC(CNC(=O)c2sc3cnccc3c2N)CC1. The Hall–Kier alpha value is -1.62. The number of nitrogens with zero attached hydrogens (tertiary/aromatic N) is 1. The predicted octanol–water partition coefficient (Wildman–Crippen LogP) is 3.43. The van der Waals surface area contributed by atoms with Gasteiger partial charge >= 0.3 is 0 Å². The topological polar surface area (TPSA) is 68.0 Å². The van der Waals surface area contributed by atoms with E-state index in [4.69, 9.17) is 5.73 Å². The van der Waals surface area contributed by atoms with Crippen molar-refractivity contribution in [1.29, 1.82) is 0 Å². The highest BCUT2D eigenvalue weighted by molar-refractivity contribution is 7.21. The van der Waals surface area contributed by atoms with E-state index >= 15 is 0 Å². The molecule has 4 nitrogen and oxygen atoms in total. The van der Waals surface area contributed by atoms with Crippen LogP contribution in [0.25, 0.3) is 10.1 Å². The van der Waals surface area contributed by atoms with E-state index in [1.54, 1.807) is 12.4 Å². The van der Waals surface area contributed by atoms with E-state index in [0.29, 0.717) is 16.5 Å². The van der Waals surface area contributed by atoms with Crippen LogP contribution in [0.5, 0.6) is 0 Å². The maximum absolute atomic E-state index is 12.3. The first-order chi connectivity index (χ1) is 10.1. The third kappa shape index (κ3) is 3.02. The Morgan fingerprint density at radius 2 is 2.19 bits per heavy atom. The lowest BCUT2D eigenvalue weighted by molar-refractivity contribution is 0.0947. The number of carbonyl (C=O) groups is 1. The van der Waals surface area contributed by atoms with Gasteiger partial charge in [0.1, 0.15) is 4.88 Å². The first-order valence-corrected chi connectivity index (χ1v) is 8.37. The number of carbonyl (C=O) groups excluding carboxylic acids is 1. The van der Waals surface area contributed by atoms with E-state index in [-0.39, 0.29) is 5.91 Å². The fraction of sp³-hybridized carbons (Fsp3) is 0.500. The van der Waals surface area contributed by atoms with Crippen molar-refractivity contribution in [3.8, 4) is 0 Å². The molecule has 1 saturated carbocycles. The fourth-order valence-corrected chi connectivity index (χ4v) is 4.00. The molecule has 1 fully saturated rings. The van der Waals surface area contributed by atoms with Gasteiger partial charge in [-0.15, -0.1) is 11.3 Å². The largest absolute Gasteiger partial charge is 0.397 e. The van der Waals surface area contributed by atoms with E-state index in [0.717, 1.165) is 22.5 Å². The van der Waals surface area contributed by atoms with Crippen LogP contribution >= 0.6 is 11.3 Å². The summed E-state index contributed by atoms with van der Waals surface area (Å²) in [5, 5.41) is 3.98. The zero-order chi connectivity index (χ0) is 14.8. The molecule has 0 aliphatic heterocycles. The molecule has 2 aromatic heterocycles. The maximum Gasteiger partial charge on any atom is 0.263 e. The van der Waals surface area contributed by atoms with Crippen molar-refractivity contribution in [3.05, 3.63) is 23.3 Å². The van der Waals surface area contributed by atoms with Gasteiger partial charge < -0.3 is 11.1 Å². The molecule has 1 aliphatic rings. The zero-order valence-electron chi connectivity index (χ0n) is 12.3. The van der Waals surface area contributed by atoms with Crippen LogP contribution in [0.3, 0.4) is 0 Å². The lowest BCUT2D eigenvalue weighted by atomic mass is 9.83. The number of hydrogen-bond donors (Lipinski definition) is 2. The van der Waals surface area contributed by atoms with Gasteiger partial charge in [-0.05, 0) is 30.7 Å². The molecule has 0 spiro atoms.